The summed E-state index contributed by atoms with van der Waals surface area (Å²) in [6.45, 7) is 6.46. The second kappa shape index (κ2) is 5.94. The van der Waals surface area contributed by atoms with Crippen LogP contribution in [0.3, 0.4) is 0 Å². The molecule has 1 amide bonds. The largest absolute Gasteiger partial charge is 0.349 e. The Morgan fingerprint density at radius 1 is 1.30 bits per heavy atom. The summed E-state index contributed by atoms with van der Waals surface area (Å²) in [5.74, 6) is 0.0846. The maximum atomic E-state index is 13.1. The fourth-order valence-corrected chi connectivity index (χ4v) is 2.52. The summed E-state index contributed by atoms with van der Waals surface area (Å²) in [6.07, 6.45) is 3.99. The third-order valence-electron chi connectivity index (χ3n) is 3.88. The molecule has 0 heterocycles. The Hall–Kier alpha value is -1.38. The highest BCUT2D eigenvalue weighted by atomic mass is 19.1. The predicted octanol–water partition coefficient (Wildman–Crippen LogP) is 4.22. The summed E-state index contributed by atoms with van der Waals surface area (Å²) in [5.41, 5.74) is 1.08. The Balaban J connectivity index is 2.11. The summed E-state index contributed by atoms with van der Waals surface area (Å²) in [5, 5.41) is 3.15. The van der Waals surface area contributed by atoms with Gasteiger partial charge in [-0.3, -0.25) is 4.79 Å². The molecule has 0 unspecified atom stereocenters. The van der Waals surface area contributed by atoms with Crippen LogP contribution in [-0.2, 0) is 4.79 Å². The number of hydrogen-bond donors (Lipinski definition) is 1. The molecular weight excluding hydrogens is 253 g/mol. The number of rotatable bonds is 4. The molecule has 1 aliphatic carbocycles. The van der Waals surface area contributed by atoms with E-state index in [1.165, 1.54) is 12.1 Å². The highest BCUT2D eigenvalue weighted by Crippen LogP contribution is 2.32. The van der Waals surface area contributed by atoms with Crippen molar-refractivity contribution in [2.45, 2.75) is 52.5 Å². The Morgan fingerprint density at radius 3 is 2.35 bits per heavy atom. The van der Waals surface area contributed by atoms with E-state index < -0.39 is 0 Å². The second-order valence-electron chi connectivity index (χ2n) is 7.01. The fraction of sp³-hybridized carbons (Fsp3) is 0.588. The minimum absolute atomic E-state index is 0.0382. The molecule has 1 fully saturated rings. The van der Waals surface area contributed by atoms with Gasteiger partial charge >= 0.3 is 0 Å². The number of nitrogens with one attached hydrogen (secondary N) is 1. The molecule has 1 atom stereocenters. The molecule has 20 heavy (non-hydrogen) atoms. The number of carbonyl (C=O) groups is 1. The van der Waals surface area contributed by atoms with E-state index >= 15 is 0 Å². The Kier molecular flexibility index (Phi) is 4.46. The van der Waals surface area contributed by atoms with Crippen LogP contribution in [0.15, 0.2) is 24.3 Å². The van der Waals surface area contributed by atoms with E-state index in [-0.39, 0.29) is 29.1 Å². The summed E-state index contributed by atoms with van der Waals surface area (Å²) in [6, 6.07) is 6.42. The highest BCUT2D eigenvalue weighted by Gasteiger charge is 2.29. The van der Waals surface area contributed by atoms with Crippen LogP contribution in [0.2, 0.25) is 0 Å². The smallest absolute Gasteiger partial charge is 0.223 e. The Labute approximate surface area is 120 Å². The molecule has 0 aromatic heterocycles. The third-order valence-corrected chi connectivity index (χ3v) is 3.88. The summed E-state index contributed by atoms with van der Waals surface area (Å²) < 4.78 is 13.1. The zero-order valence-corrected chi connectivity index (χ0v) is 12.6. The lowest BCUT2D eigenvalue weighted by molar-refractivity contribution is -0.128. The van der Waals surface area contributed by atoms with Crippen molar-refractivity contribution in [3.63, 3.8) is 0 Å². The van der Waals surface area contributed by atoms with Gasteiger partial charge in [-0.05, 0) is 42.4 Å². The third kappa shape index (κ3) is 4.06. The van der Waals surface area contributed by atoms with Crippen LogP contribution < -0.4 is 5.32 Å². The highest BCUT2D eigenvalue weighted by molar-refractivity contribution is 5.79. The molecule has 110 valence electrons. The normalized spacial score (nSPS) is 17.4. The Morgan fingerprint density at radius 2 is 1.90 bits per heavy atom. The summed E-state index contributed by atoms with van der Waals surface area (Å²) >= 11 is 0. The van der Waals surface area contributed by atoms with E-state index in [1.54, 1.807) is 12.1 Å². The van der Waals surface area contributed by atoms with Crippen LogP contribution >= 0.6 is 0 Å². The fourth-order valence-electron chi connectivity index (χ4n) is 2.52. The lowest BCUT2D eigenvalue weighted by Gasteiger charge is -2.31. The molecule has 2 rings (SSSR count). The van der Waals surface area contributed by atoms with Gasteiger partial charge in [-0.2, -0.15) is 0 Å². The number of carbonyl (C=O) groups excluding carboxylic acids is 1. The lowest BCUT2D eigenvalue weighted by Crippen LogP contribution is -2.38. The summed E-state index contributed by atoms with van der Waals surface area (Å²) in [4.78, 5) is 12.2. The first kappa shape index (κ1) is 15.0. The molecular formula is C17H24FNO. The van der Waals surface area contributed by atoms with Crippen molar-refractivity contribution < 1.29 is 9.18 Å². The predicted molar refractivity (Wildman–Crippen MR) is 78.7 cm³/mol. The minimum atomic E-state index is -0.242. The van der Waals surface area contributed by atoms with E-state index in [4.69, 9.17) is 0 Å². The maximum absolute atomic E-state index is 13.1. The van der Waals surface area contributed by atoms with Crippen LogP contribution in [0.5, 0.6) is 0 Å². The number of benzene rings is 1. The second-order valence-corrected chi connectivity index (χ2v) is 7.01. The standard InChI is InChI=1S/C17H24FNO/c1-17(2,3)11-15(12-7-9-14(18)10-8-12)19-16(20)13-5-4-6-13/h7-10,13,15H,4-6,11H2,1-3H3,(H,19,20)/t15-/m0/s1. The van der Waals surface area contributed by atoms with Crippen molar-refractivity contribution in [3.8, 4) is 0 Å². The van der Waals surface area contributed by atoms with E-state index in [0.29, 0.717) is 0 Å². The summed E-state index contributed by atoms with van der Waals surface area (Å²) in [7, 11) is 0. The molecule has 3 heteroatoms. The quantitative estimate of drug-likeness (QED) is 0.877. The molecule has 0 aliphatic heterocycles. The van der Waals surface area contributed by atoms with Gasteiger partial charge in [0, 0.05) is 5.92 Å². The SMILES string of the molecule is CC(C)(C)C[C@H](NC(=O)C1CCC1)c1ccc(F)cc1. The van der Waals surface area contributed by atoms with Gasteiger partial charge in [-0.15, -0.1) is 0 Å². The van der Waals surface area contributed by atoms with Crippen LogP contribution in [0.1, 0.15) is 58.1 Å². The van der Waals surface area contributed by atoms with Gasteiger partial charge in [0.15, 0.2) is 0 Å². The van der Waals surface area contributed by atoms with Gasteiger partial charge in [0.05, 0.1) is 6.04 Å². The maximum Gasteiger partial charge on any atom is 0.223 e. The van der Waals surface area contributed by atoms with E-state index in [2.05, 4.69) is 26.1 Å². The van der Waals surface area contributed by atoms with Gasteiger partial charge in [-0.1, -0.05) is 39.3 Å². The first-order valence-corrected chi connectivity index (χ1v) is 7.41. The molecule has 0 spiro atoms. The van der Waals surface area contributed by atoms with E-state index in [0.717, 1.165) is 31.2 Å². The molecule has 0 bridgehead atoms. The lowest BCUT2D eigenvalue weighted by atomic mass is 9.82. The van der Waals surface area contributed by atoms with Crippen LogP contribution in [0, 0.1) is 17.2 Å². The minimum Gasteiger partial charge on any atom is -0.349 e. The van der Waals surface area contributed by atoms with Gasteiger partial charge in [0.25, 0.3) is 0 Å². The van der Waals surface area contributed by atoms with Gasteiger partial charge in [0.2, 0.25) is 5.91 Å². The number of halogens is 1. The molecule has 1 saturated carbocycles. The van der Waals surface area contributed by atoms with Gasteiger partial charge < -0.3 is 5.32 Å². The molecule has 2 nitrogen and oxygen atoms in total. The zero-order chi connectivity index (χ0) is 14.8. The number of amides is 1. The molecule has 1 aliphatic rings. The van der Waals surface area contributed by atoms with Gasteiger partial charge in [0.1, 0.15) is 5.82 Å². The average molecular weight is 277 g/mol. The molecule has 0 saturated heterocycles. The van der Waals surface area contributed by atoms with Crippen molar-refractivity contribution in [2.24, 2.45) is 11.3 Å². The first-order valence-electron chi connectivity index (χ1n) is 7.41. The Bertz CT molecular complexity index is 457. The van der Waals surface area contributed by atoms with Crippen molar-refractivity contribution in [2.75, 3.05) is 0 Å². The van der Waals surface area contributed by atoms with Crippen molar-refractivity contribution in [3.05, 3.63) is 35.6 Å². The topological polar surface area (TPSA) is 29.1 Å². The molecule has 1 aromatic carbocycles. The van der Waals surface area contributed by atoms with Crippen LogP contribution in [-0.4, -0.2) is 5.91 Å². The van der Waals surface area contributed by atoms with E-state index in [1.807, 2.05) is 0 Å². The molecule has 1 aromatic rings. The van der Waals surface area contributed by atoms with Crippen LogP contribution in [0.25, 0.3) is 0 Å². The van der Waals surface area contributed by atoms with Gasteiger partial charge in [-0.25, -0.2) is 4.39 Å². The zero-order valence-electron chi connectivity index (χ0n) is 12.6. The molecule has 0 radical (unpaired) electrons. The average Bonchev–Trinajstić information content (AvgIpc) is 2.24. The van der Waals surface area contributed by atoms with Crippen molar-refractivity contribution >= 4 is 5.91 Å². The first-order chi connectivity index (χ1) is 9.35. The van der Waals surface area contributed by atoms with Crippen molar-refractivity contribution in [1.82, 2.24) is 5.32 Å². The van der Waals surface area contributed by atoms with Crippen LogP contribution in [0.4, 0.5) is 4.39 Å². The van der Waals surface area contributed by atoms with Crippen molar-refractivity contribution in [1.29, 1.82) is 0 Å². The van der Waals surface area contributed by atoms with E-state index in [9.17, 15) is 9.18 Å². The number of hydrogen-bond acceptors (Lipinski definition) is 1. The molecule has 1 N–H and O–H groups in total. The monoisotopic (exact) mass is 277 g/mol.